The molecule has 29 heavy (non-hydrogen) atoms. The number of piperazine rings is 1. The molecular formula is C23H28N2O3S. The van der Waals surface area contributed by atoms with E-state index in [2.05, 4.69) is 12.1 Å². The van der Waals surface area contributed by atoms with Gasteiger partial charge in [-0.15, -0.1) is 0 Å². The van der Waals surface area contributed by atoms with Gasteiger partial charge >= 0.3 is 0 Å². The molecule has 1 fully saturated rings. The summed E-state index contributed by atoms with van der Waals surface area (Å²) in [5.41, 5.74) is 2.78. The number of nitrogens with zero attached hydrogens (tertiary/aromatic N) is 2. The summed E-state index contributed by atoms with van der Waals surface area (Å²) < 4.78 is 11.4. The number of amides is 2. The van der Waals surface area contributed by atoms with Crippen molar-refractivity contribution in [2.24, 2.45) is 0 Å². The highest BCUT2D eigenvalue weighted by Gasteiger charge is 2.24. The van der Waals surface area contributed by atoms with Crippen LogP contribution in [0.25, 0.3) is 0 Å². The van der Waals surface area contributed by atoms with Crippen LogP contribution in [0.1, 0.15) is 34.3 Å². The van der Waals surface area contributed by atoms with Crippen LogP contribution in [0, 0.1) is 0 Å². The molecule has 2 amide bonds. The Labute approximate surface area is 175 Å². The van der Waals surface area contributed by atoms with Gasteiger partial charge in [0.2, 0.25) is 5.91 Å². The normalized spacial score (nSPS) is 15.2. The van der Waals surface area contributed by atoms with E-state index in [0.717, 1.165) is 18.4 Å². The average Bonchev–Trinajstić information content (AvgIpc) is 2.74. The molecule has 1 aliphatic heterocycles. The minimum absolute atomic E-state index is 0.0232. The van der Waals surface area contributed by atoms with Gasteiger partial charge in [0, 0.05) is 61.0 Å². The SMILES string of the molecule is CS(=O)Cc1cccc(C(=O)N2CCN(C(=O)CCCc3ccccc3)CC2)c1. The maximum Gasteiger partial charge on any atom is 0.253 e. The van der Waals surface area contributed by atoms with Gasteiger partial charge in [-0.25, -0.2) is 0 Å². The minimum Gasteiger partial charge on any atom is -0.339 e. The van der Waals surface area contributed by atoms with Crippen molar-refractivity contribution in [3.05, 3.63) is 71.3 Å². The van der Waals surface area contributed by atoms with Crippen LogP contribution in [0.2, 0.25) is 0 Å². The Bertz CT molecular complexity index is 861. The topological polar surface area (TPSA) is 57.7 Å². The summed E-state index contributed by atoms with van der Waals surface area (Å²) in [7, 11) is -0.937. The Morgan fingerprint density at radius 3 is 2.24 bits per heavy atom. The predicted molar refractivity (Wildman–Crippen MR) is 116 cm³/mol. The average molecular weight is 413 g/mol. The number of carbonyl (C=O) groups is 2. The number of carbonyl (C=O) groups excluding carboxylic acids is 2. The standard InChI is InChI=1S/C23H28N2O3S/c1-29(28)18-20-10-5-11-21(17-20)23(27)25-15-13-24(14-16-25)22(26)12-6-9-19-7-3-2-4-8-19/h2-5,7-8,10-11,17H,6,9,12-16,18H2,1H3. The van der Waals surface area contributed by atoms with Gasteiger partial charge in [-0.1, -0.05) is 42.5 Å². The monoisotopic (exact) mass is 412 g/mol. The van der Waals surface area contributed by atoms with Gasteiger partial charge in [0.05, 0.1) is 0 Å². The van der Waals surface area contributed by atoms with Crippen LogP contribution < -0.4 is 0 Å². The van der Waals surface area contributed by atoms with E-state index in [1.54, 1.807) is 17.2 Å². The third-order valence-corrected chi connectivity index (χ3v) is 5.90. The van der Waals surface area contributed by atoms with Crippen molar-refractivity contribution in [1.82, 2.24) is 9.80 Å². The highest BCUT2D eigenvalue weighted by Crippen LogP contribution is 2.14. The van der Waals surface area contributed by atoms with Crippen molar-refractivity contribution in [3.63, 3.8) is 0 Å². The fourth-order valence-electron chi connectivity index (χ4n) is 3.62. The van der Waals surface area contributed by atoms with E-state index in [1.165, 1.54) is 5.56 Å². The van der Waals surface area contributed by atoms with Crippen LogP contribution in [0.3, 0.4) is 0 Å². The number of rotatable bonds is 7. The summed E-state index contributed by atoms with van der Waals surface area (Å²) in [6.45, 7) is 2.25. The van der Waals surface area contributed by atoms with E-state index in [0.29, 0.717) is 43.9 Å². The van der Waals surface area contributed by atoms with E-state index in [9.17, 15) is 13.8 Å². The molecule has 1 heterocycles. The largest absolute Gasteiger partial charge is 0.339 e. The molecule has 2 aromatic carbocycles. The highest BCUT2D eigenvalue weighted by molar-refractivity contribution is 7.83. The summed E-state index contributed by atoms with van der Waals surface area (Å²) in [5.74, 6) is 0.595. The van der Waals surface area contributed by atoms with E-state index in [1.807, 2.05) is 41.3 Å². The smallest absolute Gasteiger partial charge is 0.253 e. The molecule has 0 spiro atoms. The van der Waals surface area contributed by atoms with Gasteiger partial charge in [0.1, 0.15) is 0 Å². The fraction of sp³-hybridized carbons (Fsp3) is 0.391. The molecular weight excluding hydrogens is 384 g/mol. The first-order chi connectivity index (χ1) is 14.0. The van der Waals surface area contributed by atoms with Crippen LogP contribution in [0.5, 0.6) is 0 Å². The van der Waals surface area contributed by atoms with Crippen molar-refractivity contribution in [2.75, 3.05) is 32.4 Å². The van der Waals surface area contributed by atoms with E-state index in [-0.39, 0.29) is 11.8 Å². The molecule has 0 saturated carbocycles. The van der Waals surface area contributed by atoms with Gasteiger partial charge in [-0.3, -0.25) is 13.8 Å². The zero-order valence-electron chi connectivity index (χ0n) is 16.9. The van der Waals surface area contributed by atoms with E-state index >= 15 is 0 Å². The number of benzene rings is 2. The van der Waals surface area contributed by atoms with Crippen LogP contribution in [0.4, 0.5) is 0 Å². The van der Waals surface area contributed by atoms with Crippen molar-refractivity contribution in [3.8, 4) is 0 Å². The van der Waals surface area contributed by atoms with Gasteiger partial charge in [-0.2, -0.15) is 0 Å². The van der Waals surface area contributed by atoms with Gasteiger partial charge < -0.3 is 9.80 Å². The van der Waals surface area contributed by atoms with Gasteiger partial charge in [0.15, 0.2) is 0 Å². The molecule has 1 aliphatic rings. The molecule has 1 saturated heterocycles. The Morgan fingerprint density at radius 2 is 1.55 bits per heavy atom. The van der Waals surface area contributed by atoms with Crippen molar-refractivity contribution in [2.45, 2.75) is 25.0 Å². The van der Waals surface area contributed by atoms with Gasteiger partial charge in [0.25, 0.3) is 5.91 Å². The van der Waals surface area contributed by atoms with E-state index < -0.39 is 10.8 Å². The van der Waals surface area contributed by atoms with Crippen LogP contribution in [-0.4, -0.2) is 58.3 Å². The molecule has 6 heteroatoms. The molecule has 1 atom stereocenters. The molecule has 0 bridgehead atoms. The molecule has 0 aromatic heterocycles. The Kier molecular flexibility index (Phi) is 7.58. The Balaban J connectivity index is 1.46. The first-order valence-corrected chi connectivity index (χ1v) is 11.8. The molecule has 0 aliphatic carbocycles. The first-order valence-electron chi connectivity index (χ1n) is 10.0. The first kappa shape index (κ1) is 21.2. The third-order valence-electron chi connectivity index (χ3n) is 5.16. The summed E-state index contributed by atoms with van der Waals surface area (Å²) >= 11 is 0. The second-order valence-corrected chi connectivity index (χ2v) is 8.87. The molecule has 5 nitrogen and oxygen atoms in total. The highest BCUT2D eigenvalue weighted by atomic mass is 32.2. The van der Waals surface area contributed by atoms with Crippen LogP contribution in [0.15, 0.2) is 54.6 Å². The lowest BCUT2D eigenvalue weighted by Crippen LogP contribution is -2.50. The zero-order valence-corrected chi connectivity index (χ0v) is 17.7. The molecule has 154 valence electrons. The van der Waals surface area contributed by atoms with Crippen molar-refractivity contribution >= 4 is 22.6 Å². The summed E-state index contributed by atoms with van der Waals surface area (Å²) in [5, 5.41) is 0. The third kappa shape index (κ3) is 6.26. The summed E-state index contributed by atoms with van der Waals surface area (Å²) in [6, 6.07) is 17.6. The van der Waals surface area contributed by atoms with Gasteiger partial charge in [-0.05, 0) is 36.1 Å². The lowest BCUT2D eigenvalue weighted by Gasteiger charge is -2.35. The lowest BCUT2D eigenvalue weighted by molar-refractivity contribution is -0.132. The van der Waals surface area contributed by atoms with Crippen molar-refractivity contribution in [1.29, 1.82) is 0 Å². The predicted octanol–water partition coefficient (Wildman–Crippen LogP) is 2.87. The van der Waals surface area contributed by atoms with Crippen LogP contribution >= 0.6 is 0 Å². The van der Waals surface area contributed by atoms with E-state index in [4.69, 9.17) is 0 Å². The maximum atomic E-state index is 12.8. The van der Waals surface area contributed by atoms with Crippen LogP contribution in [-0.2, 0) is 27.8 Å². The number of aryl methyl sites for hydroxylation is 1. The number of hydrogen-bond donors (Lipinski definition) is 0. The molecule has 0 radical (unpaired) electrons. The summed E-state index contributed by atoms with van der Waals surface area (Å²) in [4.78, 5) is 28.9. The molecule has 2 aromatic rings. The summed E-state index contributed by atoms with van der Waals surface area (Å²) in [6.07, 6.45) is 3.95. The minimum atomic E-state index is -0.937. The second-order valence-electron chi connectivity index (χ2n) is 7.43. The quantitative estimate of drug-likeness (QED) is 0.703. The Hall–Kier alpha value is -2.47. The van der Waals surface area contributed by atoms with Crippen molar-refractivity contribution < 1.29 is 13.8 Å². The maximum absolute atomic E-state index is 12.8. The molecule has 0 N–H and O–H groups in total. The number of hydrogen-bond acceptors (Lipinski definition) is 3. The zero-order chi connectivity index (χ0) is 20.6. The molecule has 3 rings (SSSR count). The Morgan fingerprint density at radius 1 is 0.897 bits per heavy atom. The lowest BCUT2D eigenvalue weighted by atomic mass is 10.1. The second kappa shape index (κ2) is 10.3. The fourth-order valence-corrected chi connectivity index (χ4v) is 4.27. The molecule has 1 unspecified atom stereocenters.